The Labute approximate surface area is 111 Å². The van der Waals surface area contributed by atoms with E-state index >= 15 is 0 Å². The second-order valence-corrected chi connectivity index (χ2v) is 6.22. The largest absolute Gasteiger partial charge is 0.348 e. The molecule has 0 spiro atoms. The highest BCUT2D eigenvalue weighted by Gasteiger charge is 2.56. The van der Waals surface area contributed by atoms with Crippen molar-refractivity contribution in [2.75, 3.05) is 0 Å². The van der Waals surface area contributed by atoms with E-state index in [1.165, 1.54) is 32.1 Å². The van der Waals surface area contributed by atoms with Crippen molar-refractivity contribution in [1.82, 2.24) is 25.5 Å². The van der Waals surface area contributed by atoms with Crippen LogP contribution in [0.25, 0.3) is 0 Å². The number of tetrazole rings is 1. The summed E-state index contributed by atoms with van der Waals surface area (Å²) in [6.07, 6.45) is 6.33. The lowest BCUT2D eigenvalue weighted by Crippen LogP contribution is -2.28. The lowest BCUT2D eigenvalue weighted by Gasteiger charge is -2.07. The molecule has 0 radical (unpaired) electrons. The molecule has 1 amide bonds. The summed E-state index contributed by atoms with van der Waals surface area (Å²) in [4.78, 5) is 12.1. The third-order valence-corrected chi connectivity index (χ3v) is 4.86. The fourth-order valence-electron chi connectivity index (χ4n) is 3.53. The van der Waals surface area contributed by atoms with Gasteiger partial charge in [-0.3, -0.25) is 4.79 Å². The molecule has 0 aromatic carbocycles. The van der Waals surface area contributed by atoms with E-state index in [1.807, 2.05) is 4.68 Å². The van der Waals surface area contributed by atoms with Crippen LogP contribution in [0, 0.1) is 23.7 Å². The van der Waals surface area contributed by atoms with Gasteiger partial charge in [0.25, 0.3) is 0 Å². The number of carbonyl (C=O) groups excluding carboxylic acids is 1. The van der Waals surface area contributed by atoms with Crippen molar-refractivity contribution < 1.29 is 4.79 Å². The molecule has 2 atom stereocenters. The molecule has 0 saturated heterocycles. The first kappa shape index (κ1) is 11.4. The summed E-state index contributed by atoms with van der Waals surface area (Å²) >= 11 is 0. The third-order valence-electron chi connectivity index (χ3n) is 4.86. The Balaban J connectivity index is 1.32. The molecule has 4 rings (SSSR count). The van der Waals surface area contributed by atoms with Crippen LogP contribution in [-0.4, -0.2) is 26.1 Å². The summed E-state index contributed by atoms with van der Waals surface area (Å²) in [5.41, 5.74) is 0. The maximum Gasteiger partial charge on any atom is 0.224 e. The van der Waals surface area contributed by atoms with E-state index in [-0.39, 0.29) is 11.8 Å². The van der Waals surface area contributed by atoms with E-state index in [4.69, 9.17) is 0 Å². The van der Waals surface area contributed by atoms with Crippen LogP contribution in [0.1, 0.15) is 37.9 Å². The van der Waals surface area contributed by atoms with E-state index in [0.717, 1.165) is 18.3 Å². The Hall–Kier alpha value is -1.46. The Kier molecular flexibility index (Phi) is 2.56. The van der Waals surface area contributed by atoms with Gasteiger partial charge in [-0.2, -0.15) is 0 Å². The molecule has 1 aromatic rings. The molecular weight excluding hydrogens is 242 g/mol. The zero-order valence-corrected chi connectivity index (χ0v) is 11.0. The minimum Gasteiger partial charge on any atom is -0.348 e. The fourth-order valence-corrected chi connectivity index (χ4v) is 3.53. The summed E-state index contributed by atoms with van der Waals surface area (Å²) in [7, 11) is 0. The van der Waals surface area contributed by atoms with Crippen molar-refractivity contribution in [2.45, 2.75) is 45.2 Å². The molecule has 6 nitrogen and oxygen atoms in total. The average Bonchev–Trinajstić information content (AvgIpc) is 3.24. The number of nitrogens with zero attached hydrogens (tertiary/aromatic N) is 4. The van der Waals surface area contributed by atoms with Crippen LogP contribution in [0.2, 0.25) is 0 Å². The van der Waals surface area contributed by atoms with Crippen LogP contribution in [-0.2, 0) is 17.9 Å². The van der Waals surface area contributed by atoms with Gasteiger partial charge in [0.15, 0.2) is 5.82 Å². The quantitative estimate of drug-likeness (QED) is 0.848. The second kappa shape index (κ2) is 4.28. The topological polar surface area (TPSA) is 72.7 Å². The molecule has 102 valence electrons. The van der Waals surface area contributed by atoms with Crippen molar-refractivity contribution >= 4 is 5.91 Å². The summed E-state index contributed by atoms with van der Waals surface area (Å²) in [5, 5.41) is 14.7. The first-order valence-electron chi connectivity index (χ1n) is 7.35. The summed E-state index contributed by atoms with van der Waals surface area (Å²) < 4.78 is 1.84. The van der Waals surface area contributed by atoms with Crippen LogP contribution in [0.5, 0.6) is 0 Å². The lowest BCUT2D eigenvalue weighted by atomic mass is 10.1. The third kappa shape index (κ3) is 2.13. The van der Waals surface area contributed by atoms with Crippen LogP contribution in [0.3, 0.4) is 0 Å². The highest BCUT2D eigenvalue weighted by Crippen LogP contribution is 2.57. The van der Waals surface area contributed by atoms with Gasteiger partial charge >= 0.3 is 0 Å². The number of hydrogen-bond donors (Lipinski definition) is 1. The lowest BCUT2D eigenvalue weighted by molar-refractivity contribution is -0.123. The van der Waals surface area contributed by atoms with Gasteiger partial charge in [-0.1, -0.05) is 6.42 Å². The first-order chi connectivity index (χ1) is 9.33. The van der Waals surface area contributed by atoms with Gasteiger partial charge in [0.2, 0.25) is 5.91 Å². The maximum absolute atomic E-state index is 12.1. The molecule has 19 heavy (non-hydrogen) atoms. The van der Waals surface area contributed by atoms with Gasteiger partial charge < -0.3 is 5.32 Å². The predicted octanol–water partition coefficient (Wildman–Crippen LogP) is 0.745. The molecule has 0 aliphatic heterocycles. The highest BCUT2D eigenvalue weighted by molar-refractivity contribution is 5.82. The number of fused-ring (bicyclic) bond motifs is 1. The zero-order chi connectivity index (χ0) is 12.8. The Morgan fingerprint density at radius 3 is 2.79 bits per heavy atom. The molecule has 2 unspecified atom stereocenters. The van der Waals surface area contributed by atoms with E-state index in [9.17, 15) is 4.79 Å². The molecule has 1 N–H and O–H groups in total. The number of hydrogen-bond acceptors (Lipinski definition) is 4. The van der Waals surface area contributed by atoms with Crippen LogP contribution in [0.4, 0.5) is 0 Å². The van der Waals surface area contributed by atoms with Gasteiger partial charge in [0.1, 0.15) is 0 Å². The Morgan fingerprint density at radius 2 is 2.05 bits per heavy atom. The molecule has 3 aliphatic rings. The van der Waals surface area contributed by atoms with E-state index in [0.29, 0.717) is 18.4 Å². The van der Waals surface area contributed by atoms with Crippen LogP contribution < -0.4 is 5.32 Å². The number of amides is 1. The summed E-state index contributed by atoms with van der Waals surface area (Å²) in [6, 6.07) is 0. The van der Waals surface area contributed by atoms with Gasteiger partial charge in [-0.05, 0) is 53.9 Å². The van der Waals surface area contributed by atoms with E-state index in [2.05, 4.69) is 20.8 Å². The minimum atomic E-state index is 0.204. The Bertz CT molecular complexity index is 485. The first-order valence-corrected chi connectivity index (χ1v) is 7.35. The standard InChI is InChI=1S/C13H19N5O/c19-13(12-9-2-1-3-10(9)12)14-6-11-15-16-17-18(11)7-8-4-5-8/h8-10,12H,1-7H2,(H,14,19). The van der Waals surface area contributed by atoms with Gasteiger partial charge in [0, 0.05) is 12.5 Å². The molecule has 3 saturated carbocycles. The SMILES string of the molecule is O=C(NCc1nnnn1CC1CC1)C1C2CCCC21. The predicted molar refractivity (Wildman–Crippen MR) is 66.7 cm³/mol. The molecule has 3 fully saturated rings. The van der Waals surface area contributed by atoms with Crippen molar-refractivity contribution in [2.24, 2.45) is 23.7 Å². The monoisotopic (exact) mass is 261 g/mol. The Morgan fingerprint density at radius 1 is 1.26 bits per heavy atom. The van der Waals surface area contributed by atoms with Crippen LogP contribution >= 0.6 is 0 Å². The molecule has 1 heterocycles. The average molecular weight is 261 g/mol. The van der Waals surface area contributed by atoms with Gasteiger partial charge in [-0.25, -0.2) is 4.68 Å². The minimum absolute atomic E-state index is 0.204. The molecule has 1 aromatic heterocycles. The number of nitrogens with one attached hydrogen (secondary N) is 1. The number of aromatic nitrogens is 4. The summed E-state index contributed by atoms with van der Waals surface area (Å²) in [5.74, 6) is 3.34. The normalized spacial score (nSPS) is 32.1. The second-order valence-electron chi connectivity index (χ2n) is 6.22. The van der Waals surface area contributed by atoms with Gasteiger partial charge in [-0.15, -0.1) is 5.10 Å². The highest BCUT2D eigenvalue weighted by atomic mass is 16.2. The van der Waals surface area contributed by atoms with Crippen molar-refractivity contribution in [3.8, 4) is 0 Å². The van der Waals surface area contributed by atoms with Gasteiger partial charge in [0.05, 0.1) is 6.54 Å². The van der Waals surface area contributed by atoms with E-state index < -0.39 is 0 Å². The summed E-state index contributed by atoms with van der Waals surface area (Å²) in [6.45, 7) is 1.36. The number of rotatable bonds is 5. The smallest absolute Gasteiger partial charge is 0.224 e. The molecule has 3 aliphatic carbocycles. The number of carbonyl (C=O) groups is 1. The molecular formula is C13H19N5O. The zero-order valence-electron chi connectivity index (χ0n) is 11.0. The van der Waals surface area contributed by atoms with Crippen LogP contribution in [0.15, 0.2) is 0 Å². The van der Waals surface area contributed by atoms with Crippen molar-refractivity contribution in [3.05, 3.63) is 5.82 Å². The fraction of sp³-hybridized carbons (Fsp3) is 0.846. The molecule has 0 bridgehead atoms. The van der Waals surface area contributed by atoms with Crippen molar-refractivity contribution in [1.29, 1.82) is 0 Å². The van der Waals surface area contributed by atoms with E-state index in [1.54, 1.807) is 0 Å². The maximum atomic E-state index is 12.1. The van der Waals surface area contributed by atoms with Crippen molar-refractivity contribution in [3.63, 3.8) is 0 Å². The molecule has 6 heteroatoms.